The van der Waals surface area contributed by atoms with E-state index in [1.54, 1.807) is 13.4 Å². The van der Waals surface area contributed by atoms with Crippen LogP contribution in [-0.4, -0.2) is 23.1 Å². The highest BCUT2D eigenvalue weighted by molar-refractivity contribution is 5.38. The Morgan fingerprint density at radius 3 is 2.89 bits per heavy atom. The first-order chi connectivity index (χ1) is 8.76. The Hall–Kier alpha value is -1.32. The van der Waals surface area contributed by atoms with Gasteiger partial charge in [-0.25, -0.2) is 9.97 Å². The molecule has 1 aromatic heterocycles. The zero-order valence-electron chi connectivity index (χ0n) is 11.1. The van der Waals surface area contributed by atoms with Gasteiger partial charge in [-0.2, -0.15) is 0 Å². The van der Waals surface area contributed by atoms with Crippen LogP contribution in [0.25, 0.3) is 0 Å². The van der Waals surface area contributed by atoms with Crippen molar-refractivity contribution < 1.29 is 4.74 Å². The van der Waals surface area contributed by atoms with E-state index in [1.165, 1.54) is 25.7 Å². The number of hydrogen-bond donors (Lipinski definition) is 1. The molecule has 2 fully saturated rings. The molecule has 0 saturated heterocycles. The van der Waals surface area contributed by atoms with E-state index in [0.29, 0.717) is 11.9 Å². The van der Waals surface area contributed by atoms with Crippen LogP contribution < -0.4 is 10.1 Å². The lowest BCUT2D eigenvalue weighted by Crippen LogP contribution is -2.30. The summed E-state index contributed by atoms with van der Waals surface area (Å²) < 4.78 is 5.12. The first-order valence-corrected chi connectivity index (χ1v) is 6.89. The van der Waals surface area contributed by atoms with Gasteiger partial charge >= 0.3 is 0 Å². The molecule has 2 aliphatic rings. The highest BCUT2D eigenvalue weighted by Gasteiger charge is 2.41. The van der Waals surface area contributed by atoms with Crippen LogP contribution in [-0.2, 0) is 0 Å². The predicted octanol–water partition coefficient (Wildman–Crippen LogP) is 2.72. The van der Waals surface area contributed by atoms with Crippen LogP contribution >= 0.6 is 0 Å². The molecule has 1 N–H and O–H groups in total. The summed E-state index contributed by atoms with van der Waals surface area (Å²) in [5, 5.41) is 3.51. The number of methoxy groups -OCH3 is 1. The van der Waals surface area contributed by atoms with Crippen molar-refractivity contribution >= 4 is 5.82 Å². The Labute approximate surface area is 108 Å². The van der Waals surface area contributed by atoms with E-state index in [4.69, 9.17) is 4.74 Å². The second-order valence-corrected chi connectivity index (χ2v) is 5.72. The predicted molar refractivity (Wildman–Crippen MR) is 70.6 cm³/mol. The summed E-state index contributed by atoms with van der Waals surface area (Å²) in [6.07, 6.45) is 7.27. The molecule has 0 aliphatic heterocycles. The van der Waals surface area contributed by atoms with E-state index in [2.05, 4.69) is 22.2 Å². The largest absolute Gasteiger partial charge is 0.481 e. The second-order valence-electron chi connectivity index (χ2n) is 5.72. The molecule has 98 valence electrons. The SMILES string of the molecule is COc1cc(NC(C)C2CC3CCC2C3)ncn1. The Kier molecular flexibility index (Phi) is 3.10. The average molecular weight is 247 g/mol. The van der Waals surface area contributed by atoms with E-state index in [9.17, 15) is 0 Å². The molecule has 4 heteroatoms. The molecule has 3 rings (SSSR count). The van der Waals surface area contributed by atoms with E-state index in [1.807, 2.05) is 6.07 Å². The molecule has 2 aliphatic carbocycles. The summed E-state index contributed by atoms with van der Waals surface area (Å²) in [5.41, 5.74) is 0. The van der Waals surface area contributed by atoms with E-state index >= 15 is 0 Å². The summed E-state index contributed by atoms with van der Waals surface area (Å²) in [6.45, 7) is 2.28. The number of aromatic nitrogens is 2. The fourth-order valence-electron chi connectivity index (χ4n) is 3.78. The lowest BCUT2D eigenvalue weighted by Gasteiger charge is -2.28. The topological polar surface area (TPSA) is 47.0 Å². The van der Waals surface area contributed by atoms with Crippen molar-refractivity contribution in [2.24, 2.45) is 17.8 Å². The third-order valence-electron chi connectivity index (χ3n) is 4.66. The number of anilines is 1. The van der Waals surface area contributed by atoms with Gasteiger partial charge in [-0.1, -0.05) is 6.42 Å². The number of ether oxygens (including phenoxy) is 1. The van der Waals surface area contributed by atoms with Crippen LogP contribution in [0.2, 0.25) is 0 Å². The van der Waals surface area contributed by atoms with Crippen LogP contribution in [0.4, 0.5) is 5.82 Å². The van der Waals surface area contributed by atoms with Crippen LogP contribution in [0.3, 0.4) is 0 Å². The molecule has 18 heavy (non-hydrogen) atoms. The van der Waals surface area contributed by atoms with E-state index < -0.39 is 0 Å². The third-order valence-corrected chi connectivity index (χ3v) is 4.66. The van der Waals surface area contributed by atoms with Crippen LogP contribution in [0.15, 0.2) is 12.4 Å². The smallest absolute Gasteiger partial charge is 0.218 e. The molecular formula is C14H21N3O. The first kappa shape index (κ1) is 11.8. The number of hydrogen-bond acceptors (Lipinski definition) is 4. The van der Waals surface area contributed by atoms with Crippen molar-refractivity contribution in [3.63, 3.8) is 0 Å². The minimum Gasteiger partial charge on any atom is -0.481 e. The fourth-order valence-corrected chi connectivity index (χ4v) is 3.78. The molecule has 4 nitrogen and oxygen atoms in total. The zero-order valence-corrected chi connectivity index (χ0v) is 11.1. The van der Waals surface area contributed by atoms with Gasteiger partial charge in [-0.15, -0.1) is 0 Å². The molecule has 1 heterocycles. The normalized spacial score (nSPS) is 31.3. The molecular weight excluding hydrogens is 226 g/mol. The molecule has 0 aromatic carbocycles. The Balaban J connectivity index is 1.65. The average Bonchev–Trinajstić information content (AvgIpc) is 3.01. The van der Waals surface area contributed by atoms with Crippen LogP contribution in [0.1, 0.15) is 32.6 Å². The maximum atomic E-state index is 5.12. The summed E-state index contributed by atoms with van der Waals surface area (Å²) in [7, 11) is 1.63. The molecule has 4 unspecified atom stereocenters. The Bertz CT molecular complexity index is 423. The number of rotatable bonds is 4. The lowest BCUT2D eigenvalue weighted by atomic mass is 9.84. The van der Waals surface area contributed by atoms with Gasteiger partial charge < -0.3 is 10.1 Å². The lowest BCUT2D eigenvalue weighted by molar-refractivity contribution is 0.304. The van der Waals surface area contributed by atoms with Crippen LogP contribution in [0.5, 0.6) is 5.88 Å². The molecule has 0 radical (unpaired) electrons. The minimum atomic E-state index is 0.486. The minimum absolute atomic E-state index is 0.486. The van der Waals surface area contributed by atoms with Gasteiger partial charge in [-0.05, 0) is 43.9 Å². The summed E-state index contributed by atoms with van der Waals surface area (Å²) in [4.78, 5) is 8.29. The zero-order chi connectivity index (χ0) is 12.5. The number of fused-ring (bicyclic) bond motifs is 2. The van der Waals surface area contributed by atoms with E-state index in [-0.39, 0.29) is 0 Å². The summed E-state index contributed by atoms with van der Waals surface area (Å²) in [5.74, 6) is 4.22. The number of nitrogens with one attached hydrogen (secondary N) is 1. The van der Waals surface area contributed by atoms with Gasteiger partial charge in [0.1, 0.15) is 12.1 Å². The Morgan fingerprint density at radius 1 is 1.33 bits per heavy atom. The fraction of sp³-hybridized carbons (Fsp3) is 0.714. The van der Waals surface area contributed by atoms with Gasteiger partial charge in [-0.3, -0.25) is 0 Å². The van der Waals surface area contributed by atoms with Crippen molar-refractivity contribution in [2.45, 2.75) is 38.6 Å². The quantitative estimate of drug-likeness (QED) is 0.888. The van der Waals surface area contributed by atoms with E-state index in [0.717, 1.165) is 23.6 Å². The van der Waals surface area contributed by atoms with Crippen molar-refractivity contribution in [1.82, 2.24) is 9.97 Å². The molecule has 2 saturated carbocycles. The third kappa shape index (κ3) is 2.16. The summed E-state index contributed by atoms with van der Waals surface area (Å²) in [6, 6.07) is 2.35. The summed E-state index contributed by atoms with van der Waals surface area (Å²) >= 11 is 0. The van der Waals surface area contributed by atoms with Crippen molar-refractivity contribution in [1.29, 1.82) is 0 Å². The van der Waals surface area contributed by atoms with Crippen LogP contribution in [0, 0.1) is 17.8 Å². The molecule has 4 atom stereocenters. The monoisotopic (exact) mass is 247 g/mol. The van der Waals surface area contributed by atoms with Gasteiger partial charge in [0.15, 0.2) is 0 Å². The molecule has 0 spiro atoms. The molecule has 2 bridgehead atoms. The van der Waals surface area contributed by atoms with Crippen molar-refractivity contribution in [3.05, 3.63) is 12.4 Å². The second kappa shape index (κ2) is 4.75. The maximum absolute atomic E-state index is 5.12. The maximum Gasteiger partial charge on any atom is 0.218 e. The molecule has 1 aromatic rings. The van der Waals surface area contributed by atoms with Crippen molar-refractivity contribution in [2.75, 3.05) is 12.4 Å². The highest BCUT2D eigenvalue weighted by atomic mass is 16.5. The van der Waals surface area contributed by atoms with Gasteiger partial charge in [0, 0.05) is 12.1 Å². The standard InChI is InChI=1S/C14H21N3O/c1-9(12-6-10-3-4-11(12)5-10)17-13-7-14(18-2)16-8-15-13/h7-12H,3-6H2,1-2H3,(H,15,16,17). The first-order valence-electron chi connectivity index (χ1n) is 6.89. The highest BCUT2D eigenvalue weighted by Crippen LogP contribution is 2.49. The van der Waals surface area contributed by atoms with Gasteiger partial charge in [0.05, 0.1) is 7.11 Å². The molecule has 0 amide bonds. The van der Waals surface area contributed by atoms with Crippen molar-refractivity contribution in [3.8, 4) is 5.88 Å². The number of nitrogens with zero attached hydrogens (tertiary/aromatic N) is 2. The Morgan fingerprint density at radius 2 is 2.22 bits per heavy atom. The van der Waals surface area contributed by atoms with Gasteiger partial charge in [0.2, 0.25) is 5.88 Å². The van der Waals surface area contributed by atoms with Gasteiger partial charge in [0.25, 0.3) is 0 Å².